The Labute approximate surface area is 116 Å². The highest BCUT2D eigenvalue weighted by molar-refractivity contribution is 14.1. The number of benzene rings is 1. The molecule has 2 N–H and O–H groups in total. The summed E-state index contributed by atoms with van der Waals surface area (Å²) in [6.45, 7) is 0.641. The molecule has 0 aliphatic carbocycles. The van der Waals surface area contributed by atoms with Crippen LogP contribution in [0.2, 0.25) is 0 Å². The maximum Gasteiger partial charge on any atom is 0.0679 e. The van der Waals surface area contributed by atoms with Crippen LogP contribution in [0, 0.1) is 3.57 Å². The van der Waals surface area contributed by atoms with E-state index in [1.165, 1.54) is 5.56 Å². The Hall–Kier alpha value is -0.400. The quantitative estimate of drug-likeness (QED) is 0.817. The summed E-state index contributed by atoms with van der Waals surface area (Å²) in [4.78, 5) is 0. The molecule has 0 unspecified atom stereocenters. The first kappa shape index (κ1) is 12.1. The van der Waals surface area contributed by atoms with E-state index >= 15 is 0 Å². The molecule has 2 rings (SSSR count). The first-order valence-corrected chi connectivity index (χ1v) is 6.77. The summed E-state index contributed by atoms with van der Waals surface area (Å²) < 4.78 is 4.08. The highest BCUT2D eigenvalue weighted by Crippen LogP contribution is 2.20. The van der Waals surface area contributed by atoms with Crippen molar-refractivity contribution in [2.75, 3.05) is 6.54 Å². The minimum Gasteiger partial charge on any atom is -0.330 e. The Morgan fingerprint density at radius 2 is 2.25 bits per heavy atom. The zero-order valence-corrected chi connectivity index (χ0v) is 12.3. The molecule has 0 saturated heterocycles. The number of hydrogen-bond acceptors (Lipinski definition) is 2. The van der Waals surface area contributed by atoms with Crippen molar-refractivity contribution in [1.82, 2.24) is 9.78 Å². The Bertz CT molecular complexity index is 496. The van der Waals surface area contributed by atoms with Gasteiger partial charge in [-0.2, -0.15) is 5.10 Å². The standard InChI is InChI=1S/C11H11BrIN3/c12-9-1-2-11(8(5-9)3-4-14)16-7-10(13)6-15-16/h1-2,5-7H,3-4,14H2. The zero-order valence-electron chi connectivity index (χ0n) is 8.53. The van der Waals surface area contributed by atoms with Gasteiger partial charge in [-0.3, -0.25) is 0 Å². The zero-order chi connectivity index (χ0) is 11.5. The number of nitrogens with zero attached hydrogens (tertiary/aromatic N) is 2. The monoisotopic (exact) mass is 391 g/mol. The molecule has 1 aromatic carbocycles. The van der Waals surface area contributed by atoms with Crippen molar-refractivity contribution in [2.45, 2.75) is 6.42 Å². The molecular formula is C11H11BrIN3. The van der Waals surface area contributed by atoms with Crippen molar-refractivity contribution in [3.8, 4) is 5.69 Å². The van der Waals surface area contributed by atoms with E-state index in [1.54, 1.807) is 0 Å². The molecule has 5 heteroatoms. The lowest BCUT2D eigenvalue weighted by molar-refractivity contribution is 0.850. The van der Waals surface area contributed by atoms with Crippen molar-refractivity contribution in [3.05, 3.63) is 44.2 Å². The van der Waals surface area contributed by atoms with Crippen LogP contribution in [0.4, 0.5) is 0 Å². The van der Waals surface area contributed by atoms with E-state index in [2.05, 4.69) is 55.8 Å². The summed E-state index contributed by atoms with van der Waals surface area (Å²) >= 11 is 5.72. The lowest BCUT2D eigenvalue weighted by atomic mass is 10.1. The van der Waals surface area contributed by atoms with Crippen LogP contribution in [0.15, 0.2) is 35.1 Å². The van der Waals surface area contributed by atoms with Gasteiger partial charge < -0.3 is 5.73 Å². The highest BCUT2D eigenvalue weighted by atomic mass is 127. The molecular weight excluding hydrogens is 381 g/mol. The predicted molar refractivity (Wildman–Crippen MR) is 76.7 cm³/mol. The van der Waals surface area contributed by atoms with E-state index in [-0.39, 0.29) is 0 Å². The first-order chi connectivity index (χ1) is 7.70. The Balaban J connectivity index is 2.47. The minimum absolute atomic E-state index is 0.641. The first-order valence-electron chi connectivity index (χ1n) is 4.90. The molecule has 0 atom stereocenters. The van der Waals surface area contributed by atoms with E-state index in [9.17, 15) is 0 Å². The van der Waals surface area contributed by atoms with Gasteiger partial charge in [-0.15, -0.1) is 0 Å². The van der Waals surface area contributed by atoms with Gasteiger partial charge in [-0.05, 0) is 59.3 Å². The van der Waals surface area contributed by atoms with E-state index < -0.39 is 0 Å². The van der Waals surface area contributed by atoms with Gasteiger partial charge in [0.15, 0.2) is 0 Å². The Kier molecular flexibility index (Phi) is 3.99. The molecule has 0 saturated carbocycles. The topological polar surface area (TPSA) is 43.8 Å². The van der Waals surface area contributed by atoms with Crippen LogP contribution in [0.25, 0.3) is 5.69 Å². The molecule has 3 nitrogen and oxygen atoms in total. The van der Waals surface area contributed by atoms with Crippen molar-refractivity contribution in [2.24, 2.45) is 5.73 Å². The largest absolute Gasteiger partial charge is 0.330 e. The summed E-state index contributed by atoms with van der Waals surface area (Å²) in [6, 6.07) is 6.17. The van der Waals surface area contributed by atoms with Crippen LogP contribution >= 0.6 is 38.5 Å². The molecule has 0 fully saturated rings. The fourth-order valence-electron chi connectivity index (χ4n) is 1.57. The molecule has 0 spiro atoms. The molecule has 0 radical (unpaired) electrons. The van der Waals surface area contributed by atoms with Gasteiger partial charge in [0, 0.05) is 10.7 Å². The van der Waals surface area contributed by atoms with Crippen LogP contribution in [0.5, 0.6) is 0 Å². The summed E-state index contributed by atoms with van der Waals surface area (Å²) in [7, 11) is 0. The average molecular weight is 392 g/mol. The summed E-state index contributed by atoms with van der Waals surface area (Å²) in [5.41, 5.74) is 7.92. The van der Waals surface area contributed by atoms with Crippen molar-refractivity contribution < 1.29 is 0 Å². The SMILES string of the molecule is NCCc1cc(Br)ccc1-n1cc(I)cn1. The number of halogens is 2. The molecule has 0 bridgehead atoms. The fourth-order valence-corrected chi connectivity index (χ4v) is 2.36. The van der Waals surface area contributed by atoms with Gasteiger partial charge in [0.2, 0.25) is 0 Å². The van der Waals surface area contributed by atoms with Gasteiger partial charge in [0.05, 0.1) is 15.5 Å². The molecule has 1 aromatic heterocycles. The second-order valence-corrected chi connectivity index (χ2v) is 5.58. The van der Waals surface area contributed by atoms with E-state index in [0.717, 1.165) is 20.2 Å². The second kappa shape index (κ2) is 5.29. The fraction of sp³-hybridized carbons (Fsp3) is 0.182. The van der Waals surface area contributed by atoms with Gasteiger partial charge in [0.1, 0.15) is 0 Å². The molecule has 0 aliphatic rings. The highest BCUT2D eigenvalue weighted by Gasteiger charge is 2.06. The average Bonchev–Trinajstić information content (AvgIpc) is 2.65. The molecule has 0 aliphatic heterocycles. The van der Waals surface area contributed by atoms with Gasteiger partial charge in [-0.25, -0.2) is 4.68 Å². The van der Waals surface area contributed by atoms with E-state index in [1.807, 2.05) is 23.1 Å². The normalized spacial score (nSPS) is 10.7. The number of hydrogen-bond donors (Lipinski definition) is 1. The third-order valence-electron chi connectivity index (χ3n) is 2.25. The summed E-state index contributed by atoms with van der Waals surface area (Å²) in [5, 5.41) is 4.31. The molecule has 2 aromatic rings. The second-order valence-electron chi connectivity index (χ2n) is 3.41. The van der Waals surface area contributed by atoms with Crippen LogP contribution in [-0.2, 0) is 6.42 Å². The molecule has 84 valence electrons. The van der Waals surface area contributed by atoms with Gasteiger partial charge >= 0.3 is 0 Å². The van der Waals surface area contributed by atoms with E-state index in [0.29, 0.717) is 6.54 Å². The lowest BCUT2D eigenvalue weighted by Crippen LogP contribution is -2.07. The van der Waals surface area contributed by atoms with Crippen LogP contribution in [0.3, 0.4) is 0 Å². The molecule has 1 heterocycles. The third kappa shape index (κ3) is 2.64. The maximum absolute atomic E-state index is 5.62. The maximum atomic E-state index is 5.62. The third-order valence-corrected chi connectivity index (χ3v) is 3.30. The Morgan fingerprint density at radius 1 is 1.44 bits per heavy atom. The van der Waals surface area contributed by atoms with Gasteiger partial charge in [0.25, 0.3) is 0 Å². The number of rotatable bonds is 3. The van der Waals surface area contributed by atoms with Crippen molar-refractivity contribution >= 4 is 38.5 Å². The van der Waals surface area contributed by atoms with Crippen molar-refractivity contribution in [1.29, 1.82) is 0 Å². The van der Waals surface area contributed by atoms with Gasteiger partial charge in [-0.1, -0.05) is 15.9 Å². The number of aromatic nitrogens is 2. The number of nitrogens with two attached hydrogens (primary N) is 1. The van der Waals surface area contributed by atoms with Crippen LogP contribution in [-0.4, -0.2) is 16.3 Å². The molecule has 0 amide bonds. The summed E-state index contributed by atoms with van der Waals surface area (Å²) in [5.74, 6) is 0. The smallest absolute Gasteiger partial charge is 0.0679 e. The van der Waals surface area contributed by atoms with Crippen molar-refractivity contribution in [3.63, 3.8) is 0 Å². The minimum atomic E-state index is 0.641. The predicted octanol–water partition coefficient (Wildman–Crippen LogP) is 2.74. The Morgan fingerprint density at radius 3 is 2.88 bits per heavy atom. The summed E-state index contributed by atoms with van der Waals surface area (Å²) in [6.07, 6.45) is 4.70. The lowest BCUT2D eigenvalue weighted by Gasteiger charge is -2.09. The van der Waals surface area contributed by atoms with Crippen LogP contribution < -0.4 is 5.73 Å². The van der Waals surface area contributed by atoms with E-state index in [4.69, 9.17) is 5.73 Å². The van der Waals surface area contributed by atoms with Crippen LogP contribution in [0.1, 0.15) is 5.56 Å². The molecule has 16 heavy (non-hydrogen) atoms.